The van der Waals surface area contributed by atoms with Crippen molar-refractivity contribution >= 4 is 22.8 Å². The Hall–Kier alpha value is -3.16. The van der Waals surface area contributed by atoms with Crippen LogP contribution in [0.5, 0.6) is 0 Å². The summed E-state index contributed by atoms with van der Waals surface area (Å²) in [4.78, 5) is 29.1. The molecule has 24 heavy (non-hydrogen) atoms. The Morgan fingerprint density at radius 3 is 2.50 bits per heavy atom. The number of benzene rings is 1. The van der Waals surface area contributed by atoms with Gasteiger partial charge in [0.25, 0.3) is 5.56 Å². The average Bonchev–Trinajstić information content (AvgIpc) is 3.00. The monoisotopic (exact) mass is 324 g/mol. The van der Waals surface area contributed by atoms with E-state index < -0.39 is 5.69 Å². The number of hydrogen-bond acceptors (Lipinski definition) is 5. The second-order valence-corrected chi connectivity index (χ2v) is 5.83. The number of hydrazone groups is 1. The van der Waals surface area contributed by atoms with Crippen molar-refractivity contribution in [1.29, 1.82) is 0 Å². The van der Waals surface area contributed by atoms with Gasteiger partial charge >= 0.3 is 5.69 Å². The van der Waals surface area contributed by atoms with E-state index in [1.807, 2.05) is 37.3 Å². The minimum atomic E-state index is -0.403. The first-order chi connectivity index (χ1) is 11.5. The van der Waals surface area contributed by atoms with Crippen molar-refractivity contribution in [2.24, 2.45) is 19.2 Å². The summed E-state index contributed by atoms with van der Waals surface area (Å²) in [5.41, 5.74) is 4.64. The minimum absolute atomic E-state index is 0.196. The highest BCUT2D eigenvalue weighted by atomic mass is 16.2. The van der Waals surface area contributed by atoms with Gasteiger partial charge in [0.05, 0.1) is 11.8 Å². The van der Waals surface area contributed by atoms with Crippen LogP contribution in [0.4, 0.5) is 5.95 Å². The Bertz CT molecular complexity index is 1100. The van der Waals surface area contributed by atoms with Crippen LogP contribution in [-0.2, 0) is 14.1 Å². The number of nitrogens with one attached hydrogen (secondary N) is 1. The van der Waals surface area contributed by atoms with Crippen molar-refractivity contribution in [3.63, 3.8) is 0 Å². The van der Waals surface area contributed by atoms with Crippen LogP contribution < -0.4 is 16.7 Å². The molecule has 0 radical (unpaired) electrons. The lowest BCUT2D eigenvalue weighted by molar-refractivity contribution is 0.679. The molecule has 4 rings (SSSR count). The van der Waals surface area contributed by atoms with E-state index in [1.165, 1.54) is 11.6 Å². The van der Waals surface area contributed by atoms with Crippen LogP contribution in [0.1, 0.15) is 18.5 Å². The van der Waals surface area contributed by atoms with Gasteiger partial charge in [-0.1, -0.05) is 30.3 Å². The lowest BCUT2D eigenvalue weighted by Gasteiger charge is -2.23. The van der Waals surface area contributed by atoms with E-state index in [2.05, 4.69) is 15.5 Å². The summed E-state index contributed by atoms with van der Waals surface area (Å²) >= 11 is 0. The summed E-state index contributed by atoms with van der Waals surface area (Å²) in [6, 6.07) is 9.56. The fourth-order valence-corrected chi connectivity index (χ4v) is 3.11. The predicted octanol–water partition coefficient (Wildman–Crippen LogP) is 0.825. The first-order valence-corrected chi connectivity index (χ1v) is 7.57. The molecular formula is C16H16N6O2. The van der Waals surface area contributed by atoms with Crippen LogP contribution in [0.2, 0.25) is 0 Å². The molecule has 3 heterocycles. The number of aromatic nitrogens is 4. The van der Waals surface area contributed by atoms with E-state index in [9.17, 15) is 9.59 Å². The molecule has 0 unspecified atom stereocenters. The molecule has 0 saturated heterocycles. The largest absolute Gasteiger partial charge is 0.332 e. The predicted molar refractivity (Wildman–Crippen MR) is 91.5 cm³/mol. The van der Waals surface area contributed by atoms with Gasteiger partial charge in [0.2, 0.25) is 5.95 Å². The van der Waals surface area contributed by atoms with Crippen LogP contribution in [-0.4, -0.2) is 24.4 Å². The molecule has 0 amide bonds. The molecule has 2 aromatic heterocycles. The van der Waals surface area contributed by atoms with Gasteiger partial charge in [-0.2, -0.15) is 10.1 Å². The van der Waals surface area contributed by atoms with Crippen molar-refractivity contribution in [1.82, 2.24) is 18.7 Å². The first-order valence-electron chi connectivity index (χ1n) is 7.57. The maximum Gasteiger partial charge on any atom is 0.332 e. The number of rotatable bonds is 1. The third kappa shape index (κ3) is 1.79. The number of nitrogens with zero attached hydrogens (tertiary/aromatic N) is 5. The molecule has 0 fully saturated rings. The fraction of sp³-hybridized carbons (Fsp3) is 0.250. The molecule has 0 bridgehead atoms. The zero-order valence-electron chi connectivity index (χ0n) is 13.5. The van der Waals surface area contributed by atoms with Gasteiger partial charge in [0, 0.05) is 14.1 Å². The van der Waals surface area contributed by atoms with Gasteiger partial charge < -0.3 is 0 Å². The Kier molecular flexibility index (Phi) is 2.96. The molecule has 8 heteroatoms. The van der Waals surface area contributed by atoms with Gasteiger partial charge in [0.1, 0.15) is 0 Å². The smallest absolute Gasteiger partial charge is 0.294 e. The Balaban J connectivity index is 2.01. The normalized spacial score (nSPS) is 16.6. The molecule has 1 aromatic carbocycles. The van der Waals surface area contributed by atoms with Crippen molar-refractivity contribution < 1.29 is 0 Å². The van der Waals surface area contributed by atoms with E-state index >= 15 is 0 Å². The third-order valence-electron chi connectivity index (χ3n) is 4.42. The highest BCUT2D eigenvalue weighted by Gasteiger charge is 2.28. The summed E-state index contributed by atoms with van der Waals surface area (Å²) < 4.78 is 4.27. The van der Waals surface area contributed by atoms with Crippen LogP contribution in [0.3, 0.4) is 0 Å². The first kappa shape index (κ1) is 14.4. The van der Waals surface area contributed by atoms with Crippen LogP contribution >= 0.6 is 0 Å². The van der Waals surface area contributed by atoms with Gasteiger partial charge in [0.15, 0.2) is 11.2 Å². The maximum atomic E-state index is 12.6. The molecule has 0 spiro atoms. The van der Waals surface area contributed by atoms with E-state index in [1.54, 1.807) is 11.6 Å². The fourth-order valence-electron chi connectivity index (χ4n) is 3.11. The number of imidazole rings is 1. The van der Waals surface area contributed by atoms with Gasteiger partial charge in [-0.25, -0.2) is 10.2 Å². The average molecular weight is 324 g/mol. The molecule has 3 aromatic rings. The molecule has 8 nitrogen and oxygen atoms in total. The highest BCUT2D eigenvalue weighted by Crippen LogP contribution is 2.28. The second kappa shape index (κ2) is 4.92. The quantitative estimate of drug-likeness (QED) is 0.718. The summed E-state index contributed by atoms with van der Waals surface area (Å²) in [5, 5.41) is 4.41. The Morgan fingerprint density at radius 1 is 1.08 bits per heavy atom. The molecule has 1 atom stereocenters. The molecule has 1 N–H and O–H groups in total. The molecule has 0 saturated carbocycles. The minimum Gasteiger partial charge on any atom is -0.294 e. The van der Waals surface area contributed by atoms with Crippen molar-refractivity contribution in [3.05, 3.63) is 56.7 Å². The Morgan fingerprint density at radius 2 is 1.79 bits per heavy atom. The van der Waals surface area contributed by atoms with Gasteiger partial charge in [-0.05, 0) is 12.5 Å². The lowest BCUT2D eigenvalue weighted by Crippen LogP contribution is -2.38. The molecular weight excluding hydrogens is 308 g/mol. The SMILES string of the molecule is C[C@@H]1C(c2ccccc2)=NNc2nc3c(c(=O)n(C)c(=O)n3C)n21. The van der Waals surface area contributed by atoms with Crippen molar-refractivity contribution in [2.75, 3.05) is 5.43 Å². The van der Waals surface area contributed by atoms with Crippen molar-refractivity contribution in [3.8, 4) is 0 Å². The summed E-state index contributed by atoms with van der Waals surface area (Å²) in [5.74, 6) is 0.454. The lowest BCUT2D eigenvalue weighted by atomic mass is 10.0. The summed E-state index contributed by atoms with van der Waals surface area (Å²) in [7, 11) is 3.07. The molecule has 1 aliphatic heterocycles. The number of anilines is 1. The van der Waals surface area contributed by atoms with Crippen LogP contribution in [0, 0.1) is 0 Å². The maximum absolute atomic E-state index is 12.6. The van der Waals surface area contributed by atoms with Crippen molar-refractivity contribution in [2.45, 2.75) is 13.0 Å². The second-order valence-electron chi connectivity index (χ2n) is 5.83. The van der Waals surface area contributed by atoms with Gasteiger partial charge in [-0.3, -0.25) is 18.5 Å². The zero-order valence-corrected chi connectivity index (χ0v) is 13.5. The van der Waals surface area contributed by atoms with Gasteiger partial charge in [-0.15, -0.1) is 0 Å². The van der Waals surface area contributed by atoms with E-state index in [-0.39, 0.29) is 11.6 Å². The number of hydrogen-bond donors (Lipinski definition) is 1. The number of aryl methyl sites for hydroxylation is 1. The Labute approximate surface area is 136 Å². The standard InChI is InChI=1S/C16H16N6O2/c1-9-11(10-7-5-4-6-8-10)18-19-15-17-13-12(22(9)15)14(23)21(3)16(24)20(13)2/h4-9H,1-3H3,(H,17,19)/t9-/m1/s1. The highest BCUT2D eigenvalue weighted by molar-refractivity contribution is 6.05. The van der Waals surface area contributed by atoms with Crippen LogP contribution in [0.15, 0.2) is 45.0 Å². The summed E-state index contributed by atoms with van der Waals surface area (Å²) in [6.45, 7) is 1.96. The topological polar surface area (TPSA) is 86.2 Å². The molecule has 1 aliphatic rings. The third-order valence-corrected chi connectivity index (χ3v) is 4.42. The van der Waals surface area contributed by atoms with E-state index in [0.29, 0.717) is 17.1 Å². The summed E-state index contributed by atoms with van der Waals surface area (Å²) in [6.07, 6.45) is 0. The van der Waals surface area contributed by atoms with Crippen LogP contribution in [0.25, 0.3) is 11.2 Å². The number of fused-ring (bicyclic) bond motifs is 3. The van der Waals surface area contributed by atoms with E-state index in [0.717, 1.165) is 15.8 Å². The van der Waals surface area contributed by atoms with E-state index in [4.69, 9.17) is 0 Å². The zero-order chi connectivity index (χ0) is 17.0. The molecule has 0 aliphatic carbocycles. The molecule has 122 valence electrons.